The van der Waals surface area contributed by atoms with Gasteiger partial charge in [-0.3, -0.25) is 4.98 Å². The van der Waals surface area contributed by atoms with E-state index in [9.17, 15) is 8.42 Å². The van der Waals surface area contributed by atoms with E-state index in [0.717, 1.165) is 44.9 Å². The maximum Gasteiger partial charge on any atom is 0.263 e. The largest absolute Gasteiger partial charge is 0.491 e. The Kier molecular flexibility index (Phi) is 9.18. The van der Waals surface area contributed by atoms with Crippen LogP contribution in [0.3, 0.4) is 0 Å². The highest BCUT2D eigenvalue weighted by atomic mass is 79.9. The van der Waals surface area contributed by atoms with Crippen LogP contribution in [-0.4, -0.2) is 66.9 Å². The second kappa shape index (κ2) is 13.2. The Hall–Kier alpha value is -3.51. The summed E-state index contributed by atoms with van der Waals surface area (Å²) in [5, 5.41) is 5.42. The summed E-state index contributed by atoms with van der Waals surface area (Å²) in [5.74, 6) is 0.711. The highest BCUT2D eigenvalue weighted by Gasteiger charge is 2.41. The molecule has 9 nitrogen and oxygen atoms in total. The van der Waals surface area contributed by atoms with Crippen molar-refractivity contribution in [2.75, 3.05) is 44.4 Å². The van der Waals surface area contributed by atoms with Crippen LogP contribution in [0.15, 0.2) is 89.7 Å². The predicted molar refractivity (Wildman–Crippen MR) is 176 cm³/mol. The molecule has 44 heavy (non-hydrogen) atoms. The normalized spacial score (nSPS) is 18.9. The molecular weight excluding hydrogens is 644 g/mol. The number of fused-ring (bicyclic) bond motifs is 1. The van der Waals surface area contributed by atoms with Crippen molar-refractivity contribution >= 4 is 42.5 Å². The number of benzene rings is 2. The molecule has 0 radical (unpaired) electrons. The number of rotatable bonds is 11. The van der Waals surface area contributed by atoms with Gasteiger partial charge in [-0.05, 0) is 43.2 Å². The van der Waals surface area contributed by atoms with Gasteiger partial charge in [-0.2, -0.15) is 9.19 Å². The lowest BCUT2D eigenvalue weighted by Gasteiger charge is -2.30. The first-order chi connectivity index (χ1) is 21.4. The molecule has 2 aromatic carbocycles. The van der Waals surface area contributed by atoms with Crippen LogP contribution in [-0.2, 0) is 26.1 Å². The van der Waals surface area contributed by atoms with Gasteiger partial charge in [0.15, 0.2) is 0 Å². The van der Waals surface area contributed by atoms with E-state index in [4.69, 9.17) is 19.3 Å². The van der Waals surface area contributed by atoms with E-state index >= 15 is 0 Å². The number of halogens is 1. The minimum atomic E-state index is -3.95. The molecule has 1 unspecified atom stereocenters. The molecule has 1 aliphatic heterocycles. The second-order valence-corrected chi connectivity index (χ2v) is 14.2. The average molecular weight is 680 g/mol. The van der Waals surface area contributed by atoms with E-state index in [0.29, 0.717) is 61.8 Å². The van der Waals surface area contributed by atoms with Gasteiger partial charge >= 0.3 is 0 Å². The maximum atomic E-state index is 14.1. The van der Waals surface area contributed by atoms with Crippen LogP contribution >= 0.6 is 15.9 Å². The minimum Gasteiger partial charge on any atom is -0.491 e. The number of hydrogen-bond acceptors (Lipinski definition) is 8. The summed E-state index contributed by atoms with van der Waals surface area (Å²) < 4.78 is 46.6. The van der Waals surface area contributed by atoms with Crippen molar-refractivity contribution in [1.82, 2.24) is 14.2 Å². The highest BCUT2D eigenvalue weighted by molar-refractivity contribution is 9.11. The number of allylic oxidation sites excluding steroid dienone is 3. The highest BCUT2D eigenvalue weighted by Crippen LogP contribution is 2.39. The standard InChI is InChI=1S/C33H35BrN4O5S/c1-33(13-5-9-27(34)22-33)44(39,40)38-30-23-35-14-12-28(30)32(36-38)26-10-11-29(37-15-19-41-20-16-37)31(21-26)43-18-6-17-42-24-25-7-3-2-4-8-25/h2-5,7-12,14,21-23H,6,13,15-20,24H2,1H3. The third-order valence-corrected chi connectivity index (χ3v) is 10.6. The molecule has 230 valence electrons. The summed E-state index contributed by atoms with van der Waals surface area (Å²) in [6, 6.07) is 17.8. The lowest BCUT2D eigenvalue weighted by molar-refractivity contribution is 0.107. The molecule has 1 fully saturated rings. The van der Waals surface area contributed by atoms with Gasteiger partial charge < -0.3 is 19.1 Å². The van der Waals surface area contributed by atoms with Gasteiger partial charge in [0.2, 0.25) is 0 Å². The van der Waals surface area contributed by atoms with Crippen molar-refractivity contribution < 1.29 is 22.6 Å². The first-order valence-electron chi connectivity index (χ1n) is 14.7. The Balaban J connectivity index is 1.29. The zero-order valence-electron chi connectivity index (χ0n) is 24.6. The summed E-state index contributed by atoms with van der Waals surface area (Å²) in [6.07, 6.45) is 9.70. The van der Waals surface area contributed by atoms with Crippen LogP contribution in [0.25, 0.3) is 22.2 Å². The van der Waals surface area contributed by atoms with E-state index in [2.05, 4.69) is 25.8 Å². The van der Waals surface area contributed by atoms with Crippen molar-refractivity contribution in [3.8, 4) is 17.0 Å². The van der Waals surface area contributed by atoms with E-state index in [1.165, 1.54) is 0 Å². The van der Waals surface area contributed by atoms with Crippen molar-refractivity contribution in [2.45, 2.75) is 31.1 Å². The first-order valence-corrected chi connectivity index (χ1v) is 16.9. The Morgan fingerprint density at radius 2 is 1.89 bits per heavy atom. The van der Waals surface area contributed by atoms with E-state index in [1.54, 1.807) is 31.5 Å². The fourth-order valence-electron chi connectivity index (χ4n) is 5.47. The molecule has 3 heterocycles. The van der Waals surface area contributed by atoms with Crippen LogP contribution < -0.4 is 9.64 Å². The van der Waals surface area contributed by atoms with Crippen LogP contribution in [0.1, 0.15) is 25.3 Å². The van der Waals surface area contributed by atoms with Crippen molar-refractivity contribution in [3.63, 3.8) is 0 Å². The Bertz CT molecular complexity index is 1780. The fraction of sp³-hybridized carbons (Fsp3) is 0.333. The zero-order valence-corrected chi connectivity index (χ0v) is 27.0. The molecular formula is C33H35BrN4O5S. The van der Waals surface area contributed by atoms with Gasteiger partial charge in [0.1, 0.15) is 21.7 Å². The smallest absolute Gasteiger partial charge is 0.263 e. The summed E-state index contributed by atoms with van der Waals surface area (Å²) in [6.45, 7) is 6.12. The van der Waals surface area contributed by atoms with Crippen molar-refractivity contribution in [3.05, 3.63) is 95.3 Å². The van der Waals surface area contributed by atoms with Gasteiger partial charge in [-0.15, -0.1) is 0 Å². The van der Waals surface area contributed by atoms with E-state index < -0.39 is 14.8 Å². The SMILES string of the molecule is CC1(S(=O)(=O)n2nc(-c3ccc(N4CCOCC4)c(OCCCOCc4ccccc4)c3)c3ccncc32)C=C(Br)C=CC1. The Morgan fingerprint density at radius 3 is 2.68 bits per heavy atom. The van der Waals surface area contributed by atoms with Gasteiger partial charge in [0.25, 0.3) is 10.0 Å². The Morgan fingerprint density at radius 1 is 1.07 bits per heavy atom. The van der Waals surface area contributed by atoms with Gasteiger partial charge in [0, 0.05) is 41.1 Å². The second-order valence-electron chi connectivity index (χ2n) is 11.1. The van der Waals surface area contributed by atoms with Crippen LogP contribution in [0.2, 0.25) is 0 Å². The predicted octanol–water partition coefficient (Wildman–Crippen LogP) is 6.10. The molecule has 6 rings (SSSR count). The van der Waals surface area contributed by atoms with Crippen LogP contribution in [0.4, 0.5) is 5.69 Å². The number of hydrogen-bond donors (Lipinski definition) is 0. The molecule has 0 spiro atoms. The summed E-state index contributed by atoms with van der Waals surface area (Å²) in [5.41, 5.74) is 3.84. The number of pyridine rings is 1. The molecule has 0 saturated carbocycles. The lowest BCUT2D eigenvalue weighted by atomic mass is 10.0. The molecule has 2 aromatic heterocycles. The number of anilines is 1. The summed E-state index contributed by atoms with van der Waals surface area (Å²) >= 11 is 3.45. The van der Waals surface area contributed by atoms with Crippen LogP contribution in [0, 0.1) is 0 Å². The van der Waals surface area contributed by atoms with Crippen molar-refractivity contribution in [1.29, 1.82) is 0 Å². The number of morpholine rings is 1. The fourth-order valence-corrected chi connectivity index (χ4v) is 7.88. The topological polar surface area (TPSA) is 95.8 Å². The zero-order chi connectivity index (χ0) is 30.6. The van der Waals surface area contributed by atoms with Gasteiger partial charge in [0.05, 0.1) is 44.9 Å². The monoisotopic (exact) mass is 678 g/mol. The average Bonchev–Trinajstić information content (AvgIpc) is 3.44. The molecule has 4 aromatic rings. The van der Waals surface area contributed by atoms with Gasteiger partial charge in [-0.1, -0.05) is 64.5 Å². The lowest BCUT2D eigenvalue weighted by Crippen LogP contribution is -2.39. The molecule has 2 aliphatic rings. The number of aromatic nitrogens is 3. The summed E-state index contributed by atoms with van der Waals surface area (Å²) in [4.78, 5) is 6.49. The molecule has 1 saturated heterocycles. The van der Waals surface area contributed by atoms with E-state index in [1.807, 2.05) is 60.7 Å². The molecule has 0 N–H and O–H groups in total. The number of ether oxygens (including phenoxy) is 3. The Labute approximate surface area is 266 Å². The maximum absolute atomic E-state index is 14.1. The third kappa shape index (κ3) is 6.32. The molecule has 1 aliphatic carbocycles. The van der Waals surface area contributed by atoms with Crippen molar-refractivity contribution in [2.24, 2.45) is 0 Å². The van der Waals surface area contributed by atoms with E-state index in [-0.39, 0.29) is 0 Å². The third-order valence-electron chi connectivity index (χ3n) is 7.90. The first kappa shape index (κ1) is 30.5. The molecule has 1 atom stereocenters. The minimum absolute atomic E-state index is 0.336. The molecule has 0 amide bonds. The summed E-state index contributed by atoms with van der Waals surface area (Å²) in [7, 11) is -3.95. The molecule has 0 bridgehead atoms. The van der Waals surface area contributed by atoms with Gasteiger partial charge in [-0.25, -0.2) is 8.42 Å². The van der Waals surface area contributed by atoms with Crippen LogP contribution in [0.5, 0.6) is 5.75 Å². The number of nitrogens with zero attached hydrogens (tertiary/aromatic N) is 4. The quantitative estimate of drug-likeness (QED) is 0.176. The molecule has 11 heteroatoms.